The lowest BCUT2D eigenvalue weighted by atomic mass is 10.3. The highest BCUT2D eigenvalue weighted by Gasteiger charge is 2.17. The fourth-order valence-corrected chi connectivity index (χ4v) is 4.23. The van der Waals surface area contributed by atoms with Crippen LogP contribution < -0.4 is 10.0 Å². The summed E-state index contributed by atoms with van der Waals surface area (Å²) in [5, 5.41) is 9.89. The number of rotatable bonds is 8. The normalized spacial score (nSPS) is 11.9. The second kappa shape index (κ2) is 7.17. The molecule has 0 aromatic carbocycles. The summed E-state index contributed by atoms with van der Waals surface area (Å²) < 4.78 is 27.4. The number of nitrogens with one attached hydrogen (secondary N) is 3. The quantitative estimate of drug-likeness (QED) is 0.640. The highest BCUT2D eigenvalue weighted by atomic mass is 32.2. The van der Waals surface area contributed by atoms with Gasteiger partial charge in [-0.25, -0.2) is 13.1 Å². The molecule has 0 bridgehead atoms. The van der Waals surface area contributed by atoms with E-state index in [1.165, 1.54) is 11.3 Å². The molecule has 8 heteroatoms. The summed E-state index contributed by atoms with van der Waals surface area (Å²) in [6, 6.07) is 3.54. The van der Waals surface area contributed by atoms with Crippen molar-refractivity contribution in [2.24, 2.45) is 0 Å². The number of nitrogens with zero attached hydrogens (tertiary/aromatic N) is 1. The maximum absolute atomic E-state index is 12.2. The van der Waals surface area contributed by atoms with Crippen LogP contribution in [0.15, 0.2) is 22.5 Å². The van der Waals surface area contributed by atoms with Gasteiger partial charge in [-0.15, -0.1) is 11.3 Å². The van der Waals surface area contributed by atoms with Gasteiger partial charge in [-0.05, 0) is 38.6 Å². The minimum absolute atomic E-state index is 0.245. The van der Waals surface area contributed by atoms with E-state index in [1.54, 1.807) is 12.3 Å². The third kappa shape index (κ3) is 4.37. The van der Waals surface area contributed by atoms with Crippen LogP contribution in [0.1, 0.15) is 23.1 Å². The highest BCUT2D eigenvalue weighted by molar-refractivity contribution is 7.91. The van der Waals surface area contributed by atoms with E-state index in [-0.39, 0.29) is 6.54 Å². The summed E-state index contributed by atoms with van der Waals surface area (Å²) in [6.45, 7) is 5.93. The van der Waals surface area contributed by atoms with Crippen molar-refractivity contribution in [2.45, 2.75) is 31.0 Å². The third-order valence-corrected chi connectivity index (χ3v) is 6.13. The average molecular weight is 328 g/mol. The van der Waals surface area contributed by atoms with E-state index < -0.39 is 10.0 Å². The number of aromatic nitrogens is 2. The number of aryl methyl sites for hydroxylation is 1. The first-order valence-corrected chi connectivity index (χ1v) is 9.11. The van der Waals surface area contributed by atoms with Crippen molar-refractivity contribution in [1.29, 1.82) is 0 Å². The van der Waals surface area contributed by atoms with Gasteiger partial charge in [0.05, 0.1) is 6.20 Å². The molecule has 2 aromatic rings. The zero-order valence-electron chi connectivity index (χ0n) is 12.1. The molecule has 2 rings (SSSR count). The average Bonchev–Trinajstić information content (AvgIpc) is 3.06. The minimum Gasteiger partial charge on any atom is -0.317 e. The standard InChI is InChI=1S/C13H20N4O2S2/c1-3-14-7-6-12-4-5-13(20-12)21(18,19)16-9-11-8-15-17-10(11)2/h4-5,8,14,16H,3,6-7,9H2,1-2H3,(H,15,17). The number of aromatic amines is 1. The maximum Gasteiger partial charge on any atom is 0.250 e. The van der Waals surface area contributed by atoms with Crippen molar-refractivity contribution in [3.05, 3.63) is 34.5 Å². The van der Waals surface area contributed by atoms with Crippen LogP contribution in [-0.4, -0.2) is 31.7 Å². The van der Waals surface area contributed by atoms with Gasteiger partial charge in [0, 0.05) is 22.7 Å². The predicted octanol–water partition coefficient (Wildman–Crippen LogP) is 1.41. The minimum atomic E-state index is -3.46. The van der Waals surface area contributed by atoms with Crippen molar-refractivity contribution < 1.29 is 8.42 Å². The number of hydrogen-bond donors (Lipinski definition) is 3. The van der Waals surface area contributed by atoms with Gasteiger partial charge in [-0.2, -0.15) is 5.10 Å². The van der Waals surface area contributed by atoms with Crippen LogP contribution in [0, 0.1) is 6.92 Å². The Kier molecular flexibility index (Phi) is 5.51. The second-order valence-electron chi connectivity index (χ2n) is 4.67. The lowest BCUT2D eigenvalue weighted by molar-refractivity contribution is 0.583. The van der Waals surface area contributed by atoms with E-state index in [0.29, 0.717) is 4.21 Å². The van der Waals surface area contributed by atoms with Crippen LogP contribution in [0.25, 0.3) is 0 Å². The summed E-state index contributed by atoms with van der Waals surface area (Å²) >= 11 is 1.32. The second-order valence-corrected chi connectivity index (χ2v) is 7.83. The molecule has 0 atom stereocenters. The molecule has 0 radical (unpaired) electrons. The Morgan fingerprint density at radius 2 is 2.19 bits per heavy atom. The molecule has 3 N–H and O–H groups in total. The first kappa shape index (κ1) is 16.2. The van der Waals surface area contributed by atoms with E-state index in [1.807, 2.05) is 19.9 Å². The summed E-state index contributed by atoms with van der Waals surface area (Å²) in [6.07, 6.45) is 2.48. The Morgan fingerprint density at radius 3 is 2.86 bits per heavy atom. The molecule has 0 aliphatic heterocycles. The molecule has 0 fully saturated rings. The number of H-pyrrole nitrogens is 1. The molecule has 116 valence electrons. The van der Waals surface area contributed by atoms with Gasteiger partial charge in [0.15, 0.2) is 0 Å². The first-order chi connectivity index (χ1) is 10.0. The van der Waals surface area contributed by atoms with Crippen molar-refractivity contribution in [1.82, 2.24) is 20.2 Å². The summed E-state index contributed by atoms with van der Waals surface area (Å²) in [5.41, 5.74) is 1.72. The van der Waals surface area contributed by atoms with Crippen LogP contribution >= 0.6 is 11.3 Å². The van der Waals surface area contributed by atoms with Gasteiger partial charge in [0.1, 0.15) is 4.21 Å². The topological polar surface area (TPSA) is 86.9 Å². The maximum atomic E-state index is 12.2. The first-order valence-electron chi connectivity index (χ1n) is 6.81. The van der Waals surface area contributed by atoms with Crippen LogP contribution in [0.2, 0.25) is 0 Å². The van der Waals surface area contributed by atoms with Gasteiger partial charge in [-0.3, -0.25) is 5.10 Å². The Bertz CT molecular complexity index is 676. The van der Waals surface area contributed by atoms with Crippen LogP contribution in [0.5, 0.6) is 0 Å². The lowest BCUT2D eigenvalue weighted by Crippen LogP contribution is -2.22. The number of thiophene rings is 1. The molecular weight excluding hydrogens is 308 g/mol. The highest BCUT2D eigenvalue weighted by Crippen LogP contribution is 2.22. The van der Waals surface area contributed by atoms with E-state index in [2.05, 4.69) is 20.2 Å². The largest absolute Gasteiger partial charge is 0.317 e. The Hall–Kier alpha value is -1.22. The van der Waals surface area contributed by atoms with Crippen molar-refractivity contribution in [3.8, 4) is 0 Å². The molecule has 0 aliphatic carbocycles. The number of sulfonamides is 1. The number of hydrogen-bond acceptors (Lipinski definition) is 5. The van der Waals surface area contributed by atoms with Gasteiger partial charge >= 0.3 is 0 Å². The van der Waals surface area contributed by atoms with E-state index >= 15 is 0 Å². The molecule has 0 unspecified atom stereocenters. The molecule has 2 aromatic heterocycles. The van der Waals surface area contributed by atoms with Gasteiger partial charge in [0.25, 0.3) is 0 Å². The number of likely N-dealkylation sites (N-methyl/N-ethyl adjacent to an activating group) is 1. The SMILES string of the molecule is CCNCCc1ccc(S(=O)(=O)NCc2cn[nH]c2C)s1. The van der Waals surface area contributed by atoms with Crippen molar-refractivity contribution in [2.75, 3.05) is 13.1 Å². The molecule has 0 amide bonds. The summed E-state index contributed by atoms with van der Waals surface area (Å²) in [5.74, 6) is 0. The van der Waals surface area contributed by atoms with E-state index in [0.717, 1.165) is 35.6 Å². The summed E-state index contributed by atoms with van der Waals surface area (Å²) in [4.78, 5) is 1.07. The van der Waals surface area contributed by atoms with Gasteiger partial charge in [0.2, 0.25) is 10.0 Å². The fraction of sp³-hybridized carbons (Fsp3) is 0.462. The van der Waals surface area contributed by atoms with E-state index in [9.17, 15) is 8.42 Å². The molecule has 0 aliphatic rings. The monoisotopic (exact) mass is 328 g/mol. The molecule has 21 heavy (non-hydrogen) atoms. The lowest BCUT2D eigenvalue weighted by Gasteiger charge is -2.04. The molecule has 0 saturated carbocycles. The van der Waals surface area contributed by atoms with Crippen molar-refractivity contribution in [3.63, 3.8) is 0 Å². The van der Waals surface area contributed by atoms with Crippen LogP contribution in [0.4, 0.5) is 0 Å². The Balaban J connectivity index is 1.97. The summed E-state index contributed by atoms with van der Waals surface area (Å²) in [7, 11) is -3.46. The molecule has 6 nitrogen and oxygen atoms in total. The van der Waals surface area contributed by atoms with E-state index in [4.69, 9.17) is 0 Å². The predicted molar refractivity (Wildman–Crippen MR) is 83.9 cm³/mol. The van der Waals surface area contributed by atoms with Crippen LogP contribution in [0.3, 0.4) is 0 Å². The molecule has 2 heterocycles. The van der Waals surface area contributed by atoms with Crippen LogP contribution in [-0.2, 0) is 23.0 Å². The Labute approximate surface area is 129 Å². The van der Waals surface area contributed by atoms with Gasteiger partial charge in [-0.1, -0.05) is 6.92 Å². The third-order valence-electron chi connectivity index (χ3n) is 3.09. The van der Waals surface area contributed by atoms with Crippen molar-refractivity contribution >= 4 is 21.4 Å². The molecule has 0 spiro atoms. The Morgan fingerprint density at radius 1 is 1.38 bits per heavy atom. The zero-order chi connectivity index (χ0) is 15.3. The smallest absolute Gasteiger partial charge is 0.250 e. The van der Waals surface area contributed by atoms with Gasteiger partial charge < -0.3 is 5.32 Å². The zero-order valence-corrected chi connectivity index (χ0v) is 13.8. The molecule has 0 saturated heterocycles. The fourth-order valence-electron chi connectivity index (χ4n) is 1.82. The molecular formula is C13H20N4O2S2.